The molecular weight excluding hydrogens is 314 g/mol. The molecule has 1 fully saturated rings. The lowest BCUT2D eigenvalue weighted by Gasteiger charge is -2.28. The highest BCUT2D eigenvalue weighted by Crippen LogP contribution is 2.38. The van der Waals surface area contributed by atoms with Gasteiger partial charge in [0.05, 0.1) is 0 Å². The van der Waals surface area contributed by atoms with Gasteiger partial charge in [-0.15, -0.1) is 0 Å². The van der Waals surface area contributed by atoms with Gasteiger partial charge in [0.25, 0.3) is 0 Å². The molecule has 0 saturated heterocycles. The van der Waals surface area contributed by atoms with E-state index in [0.29, 0.717) is 23.3 Å². The average Bonchev–Trinajstić information content (AvgIpc) is 2.65. The minimum Gasteiger partial charge on any atom is -0.203 e. The lowest BCUT2D eigenvalue weighted by Crippen LogP contribution is -2.12. The summed E-state index contributed by atoms with van der Waals surface area (Å²) >= 11 is 0. The summed E-state index contributed by atoms with van der Waals surface area (Å²) in [5.74, 6) is 0.0407. The summed E-state index contributed by atoms with van der Waals surface area (Å²) in [5.41, 5.74) is 1.70. The first-order chi connectivity index (χ1) is 12.1. The zero-order valence-corrected chi connectivity index (χ0v) is 15.6. The Labute approximate surface area is 150 Å². The molecule has 2 aromatic carbocycles. The average molecular weight is 344 g/mol. The molecule has 25 heavy (non-hydrogen) atoms. The van der Waals surface area contributed by atoms with Gasteiger partial charge in [-0.2, -0.15) is 0 Å². The Hall–Kier alpha value is -1.44. The first kappa shape index (κ1) is 18.4. The number of rotatable bonds is 6. The molecular formula is C23H30F2. The molecule has 0 radical (unpaired) electrons. The van der Waals surface area contributed by atoms with Crippen molar-refractivity contribution in [3.05, 3.63) is 47.0 Å². The lowest BCUT2D eigenvalue weighted by molar-refractivity contribution is 0.319. The highest BCUT2D eigenvalue weighted by molar-refractivity contribution is 5.85. The summed E-state index contributed by atoms with van der Waals surface area (Å²) in [6.45, 7) is 4.38. The summed E-state index contributed by atoms with van der Waals surface area (Å²) in [4.78, 5) is 0. The van der Waals surface area contributed by atoms with E-state index in [1.165, 1.54) is 37.7 Å². The van der Waals surface area contributed by atoms with Gasteiger partial charge >= 0.3 is 0 Å². The van der Waals surface area contributed by atoms with E-state index in [4.69, 9.17) is 0 Å². The molecule has 0 amide bonds. The molecule has 2 aromatic rings. The van der Waals surface area contributed by atoms with Gasteiger partial charge in [-0.1, -0.05) is 45.2 Å². The molecule has 0 aromatic heterocycles. The third-order valence-electron chi connectivity index (χ3n) is 6.06. The van der Waals surface area contributed by atoms with Crippen molar-refractivity contribution in [1.29, 1.82) is 0 Å². The third kappa shape index (κ3) is 4.04. The smallest absolute Gasteiger partial charge is 0.166 e. The lowest BCUT2D eigenvalue weighted by atomic mass is 9.77. The van der Waals surface area contributed by atoms with Gasteiger partial charge in [0.2, 0.25) is 0 Å². The number of benzene rings is 2. The molecule has 3 rings (SSSR count). The predicted octanol–water partition coefficient (Wildman–Crippen LogP) is 7.53. The second-order valence-electron chi connectivity index (χ2n) is 7.73. The maximum Gasteiger partial charge on any atom is 0.166 e. The summed E-state index contributed by atoms with van der Waals surface area (Å²) in [6, 6.07) is 7.87. The standard InChI is InChI=1S/C23H30F2/c1-3-5-6-7-20-14-19-13-12-18(15-21(19)23(25)22(20)24)17-10-8-16(4-2)9-11-17/h12-17H,3-11H2,1-2H3. The van der Waals surface area contributed by atoms with Crippen molar-refractivity contribution in [2.45, 2.75) is 77.6 Å². The molecule has 0 atom stereocenters. The molecule has 1 aliphatic rings. The molecule has 0 heterocycles. The number of halogens is 2. The van der Waals surface area contributed by atoms with Gasteiger partial charge in [0.15, 0.2) is 11.6 Å². The van der Waals surface area contributed by atoms with Crippen LogP contribution in [0.25, 0.3) is 10.8 Å². The van der Waals surface area contributed by atoms with E-state index >= 15 is 0 Å². The molecule has 0 N–H and O–H groups in total. The minimum absolute atomic E-state index is 0.451. The monoisotopic (exact) mass is 344 g/mol. The molecule has 1 saturated carbocycles. The largest absolute Gasteiger partial charge is 0.203 e. The first-order valence-corrected chi connectivity index (χ1v) is 10.0. The summed E-state index contributed by atoms with van der Waals surface area (Å²) < 4.78 is 29.1. The Morgan fingerprint density at radius 2 is 1.68 bits per heavy atom. The Kier molecular flexibility index (Phi) is 6.09. The van der Waals surface area contributed by atoms with Crippen molar-refractivity contribution in [2.75, 3.05) is 0 Å². The van der Waals surface area contributed by atoms with E-state index in [1.54, 1.807) is 0 Å². The zero-order valence-electron chi connectivity index (χ0n) is 15.6. The minimum atomic E-state index is -0.659. The summed E-state index contributed by atoms with van der Waals surface area (Å²) in [7, 11) is 0. The van der Waals surface area contributed by atoms with E-state index in [1.807, 2.05) is 18.2 Å². The van der Waals surface area contributed by atoms with Gasteiger partial charge in [-0.05, 0) is 79.0 Å². The number of unbranched alkanes of at least 4 members (excludes halogenated alkanes) is 2. The molecule has 0 aliphatic heterocycles. The summed E-state index contributed by atoms with van der Waals surface area (Å²) in [6.07, 6.45) is 9.78. The van der Waals surface area contributed by atoms with E-state index in [-0.39, 0.29) is 0 Å². The van der Waals surface area contributed by atoms with Crippen molar-refractivity contribution >= 4 is 10.8 Å². The van der Waals surface area contributed by atoms with Gasteiger partial charge in [0, 0.05) is 5.39 Å². The van der Waals surface area contributed by atoms with Crippen LogP contribution in [0.15, 0.2) is 24.3 Å². The van der Waals surface area contributed by atoms with Crippen LogP contribution in [-0.4, -0.2) is 0 Å². The van der Waals surface area contributed by atoms with Crippen LogP contribution >= 0.6 is 0 Å². The highest BCUT2D eigenvalue weighted by Gasteiger charge is 2.22. The third-order valence-corrected chi connectivity index (χ3v) is 6.06. The van der Waals surface area contributed by atoms with Crippen LogP contribution in [0.1, 0.15) is 82.3 Å². The zero-order chi connectivity index (χ0) is 17.8. The first-order valence-electron chi connectivity index (χ1n) is 10.0. The molecule has 0 spiro atoms. The second-order valence-corrected chi connectivity index (χ2v) is 7.73. The molecule has 136 valence electrons. The van der Waals surface area contributed by atoms with Crippen molar-refractivity contribution < 1.29 is 8.78 Å². The van der Waals surface area contributed by atoms with Crippen molar-refractivity contribution in [3.8, 4) is 0 Å². The molecule has 0 unspecified atom stereocenters. The number of hydrogen-bond donors (Lipinski definition) is 0. The van der Waals surface area contributed by atoms with Crippen LogP contribution in [0.4, 0.5) is 8.78 Å². The van der Waals surface area contributed by atoms with Gasteiger partial charge in [0.1, 0.15) is 0 Å². The molecule has 1 aliphatic carbocycles. The van der Waals surface area contributed by atoms with Gasteiger partial charge in [-0.3, -0.25) is 0 Å². The van der Waals surface area contributed by atoms with Crippen LogP contribution in [0.3, 0.4) is 0 Å². The van der Waals surface area contributed by atoms with E-state index in [0.717, 1.165) is 30.6 Å². The Balaban J connectivity index is 1.85. The van der Waals surface area contributed by atoms with Crippen molar-refractivity contribution in [3.63, 3.8) is 0 Å². The topological polar surface area (TPSA) is 0 Å². The van der Waals surface area contributed by atoms with E-state index in [9.17, 15) is 8.78 Å². The van der Waals surface area contributed by atoms with Gasteiger partial charge in [-0.25, -0.2) is 8.78 Å². The Morgan fingerprint density at radius 3 is 2.36 bits per heavy atom. The van der Waals surface area contributed by atoms with Gasteiger partial charge < -0.3 is 0 Å². The fraction of sp³-hybridized carbons (Fsp3) is 0.565. The fourth-order valence-corrected chi connectivity index (χ4v) is 4.31. The number of aryl methyl sites for hydroxylation is 1. The molecule has 0 nitrogen and oxygen atoms in total. The maximum absolute atomic E-state index is 14.7. The van der Waals surface area contributed by atoms with Crippen molar-refractivity contribution in [2.24, 2.45) is 5.92 Å². The fourth-order valence-electron chi connectivity index (χ4n) is 4.31. The van der Waals surface area contributed by atoms with E-state index < -0.39 is 11.6 Å². The Bertz CT molecular complexity index is 712. The second kappa shape index (κ2) is 8.29. The van der Waals surface area contributed by atoms with Crippen LogP contribution in [0.2, 0.25) is 0 Å². The van der Waals surface area contributed by atoms with Crippen LogP contribution in [0.5, 0.6) is 0 Å². The molecule has 2 heteroatoms. The quantitative estimate of drug-likeness (QED) is 0.475. The predicted molar refractivity (Wildman–Crippen MR) is 102 cm³/mol. The van der Waals surface area contributed by atoms with Crippen LogP contribution in [-0.2, 0) is 6.42 Å². The van der Waals surface area contributed by atoms with Crippen LogP contribution < -0.4 is 0 Å². The number of hydrogen-bond acceptors (Lipinski definition) is 0. The maximum atomic E-state index is 14.7. The molecule has 0 bridgehead atoms. The summed E-state index contributed by atoms with van der Waals surface area (Å²) in [5, 5.41) is 1.28. The van der Waals surface area contributed by atoms with Crippen LogP contribution in [0, 0.1) is 17.6 Å². The van der Waals surface area contributed by atoms with Crippen molar-refractivity contribution in [1.82, 2.24) is 0 Å². The highest BCUT2D eigenvalue weighted by atomic mass is 19.2. The Morgan fingerprint density at radius 1 is 0.920 bits per heavy atom. The number of fused-ring (bicyclic) bond motifs is 1. The van der Waals surface area contributed by atoms with E-state index in [2.05, 4.69) is 19.9 Å². The SMILES string of the molecule is CCCCCc1cc2ccc(C3CCC(CC)CC3)cc2c(F)c1F. The normalized spacial score (nSPS) is 21.0.